The van der Waals surface area contributed by atoms with E-state index in [-0.39, 0.29) is 5.91 Å². The SMILES string of the molecule is O=C(CCC1CCCC1)Nc1ccccc1-c1cccs1. The molecule has 0 saturated heterocycles. The van der Waals surface area contributed by atoms with Gasteiger partial charge in [-0.15, -0.1) is 11.3 Å². The van der Waals surface area contributed by atoms with Crippen molar-refractivity contribution < 1.29 is 4.79 Å². The molecule has 1 N–H and O–H groups in total. The molecule has 0 spiro atoms. The molecule has 3 heteroatoms. The number of carbonyl (C=O) groups is 1. The summed E-state index contributed by atoms with van der Waals surface area (Å²) in [5.74, 6) is 0.911. The minimum Gasteiger partial charge on any atom is -0.325 e. The molecule has 0 radical (unpaired) electrons. The molecule has 110 valence electrons. The Morgan fingerprint density at radius 3 is 2.71 bits per heavy atom. The second kappa shape index (κ2) is 6.90. The van der Waals surface area contributed by atoms with Crippen LogP contribution >= 0.6 is 11.3 Å². The molecule has 2 aromatic rings. The molecule has 3 rings (SSSR count). The van der Waals surface area contributed by atoms with Gasteiger partial charge in [-0.1, -0.05) is 49.9 Å². The predicted molar refractivity (Wildman–Crippen MR) is 89.6 cm³/mol. The first-order valence-corrected chi connectivity index (χ1v) is 8.63. The Hall–Kier alpha value is -1.61. The number of anilines is 1. The maximum Gasteiger partial charge on any atom is 0.224 e. The van der Waals surface area contributed by atoms with Crippen LogP contribution in [-0.4, -0.2) is 5.91 Å². The summed E-state index contributed by atoms with van der Waals surface area (Å²) in [4.78, 5) is 13.4. The Morgan fingerprint density at radius 1 is 1.14 bits per heavy atom. The normalized spacial score (nSPS) is 15.2. The Labute approximate surface area is 130 Å². The number of rotatable bonds is 5. The lowest BCUT2D eigenvalue weighted by molar-refractivity contribution is -0.116. The van der Waals surface area contributed by atoms with Crippen LogP contribution in [0.3, 0.4) is 0 Å². The average Bonchev–Trinajstić information content (AvgIpc) is 3.19. The van der Waals surface area contributed by atoms with Crippen molar-refractivity contribution >= 4 is 22.9 Å². The van der Waals surface area contributed by atoms with E-state index in [1.165, 1.54) is 30.6 Å². The van der Waals surface area contributed by atoms with E-state index in [0.717, 1.165) is 23.6 Å². The minimum atomic E-state index is 0.144. The van der Waals surface area contributed by atoms with Crippen LogP contribution < -0.4 is 5.32 Å². The molecule has 21 heavy (non-hydrogen) atoms. The van der Waals surface area contributed by atoms with Gasteiger partial charge in [-0.3, -0.25) is 4.79 Å². The van der Waals surface area contributed by atoms with Gasteiger partial charge < -0.3 is 5.32 Å². The lowest BCUT2D eigenvalue weighted by Gasteiger charge is -2.11. The van der Waals surface area contributed by atoms with Crippen LogP contribution in [0.2, 0.25) is 0 Å². The minimum absolute atomic E-state index is 0.144. The van der Waals surface area contributed by atoms with Crippen molar-refractivity contribution in [1.29, 1.82) is 0 Å². The molecule has 1 saturated carbocycles. The van der Waals surface area contributed by atoms with Crippen LogP contribution in [-0.2, 0) is 4.79 Å². The van der Waals surface area contributed by atoms with Crippen LogP contribution in [0.5, 0.6) is 0 Å². The highest BCUT2D eigenvalue weighted by Crippen LogP contribution is 2.32. The summed E-state index contributed by atoms with van der Waals surface area (Å²) in [6.07, 6.45) is 6.97. The molecule has 1 aromatic carbocycles. The van der Waals surface area contributed by atoms with Crippen molar-refractivity contribution in [3.8, 4) is 10.4 Å². The van der Waals surface area contributed by atoms with Gasteiger partial charge in [0.1, 0.15) is 0 Å². The first-order chi connectivity index (χ1) is 10.3. The molecular formula is C18H21NOS. The number of nitrogens with one attached hydrogen (secondary N) is 1. The summed E-state index contributed by atoms with van der Waals surface area (Å²) >= 11 is 1.70. The van der Waals surface area contributed by atoms with Gasteiger partial charge in [-0.05, 0) is 29.9 Å². The largest absolute Gasteiger partial charge is 0.325 e. The number of benzene rings is 1. The topological polar surface area (TPSA) is 29.1 Å². The maximum atomic E-state index is 12.2. The van der Waals surface area contributed by atoms with E-state index in [1.54, 1.807) is 11.3 Å². The predicted octanol–water partition coefficient (Wildman–Crippen LogP) is 5.32. The monoisotopic (exact) mass is 299 g/mol. The molecule has 2 nitrogen and oxygen atoms in total. The van der Waals surface area contributed by atoms with Gasteiger partial charge in [0.2, 0.25) is 5.91 Å². The highest BCUT2D eigenvalue weighted by molar-refractivity contribution is 7.13. The fraction of sp³-hybridized carbons (Fsp3) is 0.389. The van der Waals surface area contributed by atoms with Gasteiger partial charge in [0.25, 0.3) is 0 Å². The van der Waals surface area contributed by atoms with Crippen LogP contribution in [0.1, 0.15) is 38.5 Å². The van der Waals surface area contributed by atoms with Gasteiger partial charge in [0, 0.05) is 22.5 Å². The third-order valence-electron chi connectivity index (χ3n) is 4.24. The van der Waals surface area contributed by atoms with E-state index >= 15 is 0 Å². The summed E-state index contributed by atoms with van der Waals surface area (Å²) in [7, 11) is 0. The van der Waals surface area contributed by atoms with Gasteiger partial charge >= 0.3 is 0 Å². The van der Waals surface area contributed by atoms with E-state index in [1.807, 2.05) is 24.3 Å². The maximum absolute atomic E-state index is 12.2. The number of hydrogen-bond donors (Lipinski definition) is 1. The van der Waals surface area contributed by atoms with Crippen molar-refractivity contribution in [3.63, 3.8) is 0 Å². The van der Waals surface area contributed by atoms with Crippen molar-refractivity contribution in [2.24, 2.45) is 5.92 Å². The molecule has 1 heterocycles. The number of amides is 1. The number of carbonyl (C=O) groups excluding carboxylic acids is 1. The highest BCUT2D eigenvalue weighted by atomic mass is 32.1. The molecule has 0 bridgehead atoms. The summed E-state index contributed by atoms with van der Waals surface area (Å²) in [6, 6.07) is 12.2. The number of thiophene rings is 1. The molecule has 1 aliphatic rings. The number of para-hydroxylation sites is 1. The van der Waals surface area contributed by atoms with Gasteiger partial charge in [-0.2, -0.15) is 0 Å². The van der Waals surface area contributed by atoms with E-state index in [0.29, 0.717) is 6.42 Å². The lowest BCUT2D eigenvalue weighted by atomic mass is 10.0. The fourth-order valence-corrected chi connectivity index (χ4v) is 3.85. The van der Waals surface area contributed by atoms with Crippen LogP contribution in [0.25, 0.3) is 10.4 Å². The highest BCUT2D eigenvalue weighted by Gasteiger charge is 2.16. The van der Waals surface area contributed by atoms with Crippen molar-refractivity contribution in [1.82, 2.24) is 0 Å². The van der Waals surface area contributed by atoms with Crippen molar-refractivity contribution in [2.75, 3.05) is 5.32 Å². The standard InChI is InChI=1S/C18H21NOS/c20-18(12-11-14-6-1-2-7-14)19-16-9-4-3-8-15(16)17-10-5-13-21-17/h3-5,8-10,13-14H,1-2,6-7,11-12H2,(H,19,20). The molecule has 1 aliphatic carbocycles. The zero-order valence-corrected chi connectivity index (χ0v) is 13.0. The first-order valence-electron chi connectivity index (χ1n) is 7.75. The van der Waals surface area contributed by atoms with Crippen LogP contribution in [0, 0.1) is 5.92 Å². The summed E-state index contributed by atoms with van der Waals surface area (Å²) in [6.45, 7) is 0. The molecule has 1 aromatic heterocycles. The Balaban J connectivity index is 1.63. The lowest BCUT2D eigenvalue weighted by Crippen LogP contribution is -2.13. The Kier molecular flexibility index (Phi) is 4.71. The van der Waals surface area contributed by atoms with E-state index < -0.39 is 0 Å². The molecule has 1 fully saturated rings. The van der Waals surface area contributed by atoms with Crippen molar-refractivity contribution in [2.45, 2.75) is 38.5 Å². The molecule has 0 unspecified atom stereocenters. The zero-order valence-electron chi connectivity index (χ0n) is 12.2. The third kappa shape index (κ3) is 3.73. The summed E-state index contributed by atoms with van der Waals surface area (Å²) in [5, 5.41) is 5.15. The third-order valence-corrected chi connectivity index (χ3v) is 5.15. The van der Waals surface area contributed by atoms with E-state index in [9.17, 15) is 4.79 Å². The molecule has 0 aliphatic heterocycles. The molecule has 0 atom stereocenters. The van der Waals surface area contributed by atoms with E-state index in [4.69, 9.17) is 0 Å². The Bertz CT molecular complexity index is 585. The van der Waals surface area contributed by atoms with Gasteiger partial charge in [0.15, 0.2) is 0 Å². The van der Waals surface area contributed by atoms with Crippen LogP contribution in [0.4, 0.5) is 5.69 Å². The molecule has 1 amide bonds. The summed E-state index contributed by atoms with van der Waals surface area (Å²) in [5.41, 5.74) is 2.04. The number of hydrogen-bond acceptors (Lipinski definition) is 2. The first kappa shape index (κ1) is 14.3. The average molecular weight is 299 g/mol. The smallest absolute Gasteiger partial charge is 0.224 e. The zero-order chi connectivity index (χ0) is 14.5. The van der Waals surface area contributed by atoms with Gasteiger partial charge in [0.05, 0.1) is 0 Å². The fourth-order valence-electron chi connectivity index (χ4n) is 3.09. The van der Waals surface area contributed by atoms with Crippen molar-refractivity contribution in [3.05, 3.63) is 41.8 Å². The second-order valence-electron chi connectivity index (χ2n) is 5.76. The quantitative estimate of drug-likeness (QED) is 0.795. The second-order valence-corrected chi connectivity index (χ2v) is 6.71. The van der Waals surface area contributed by atoms with Crippen LogP contribution in [0.15, 0.2) is 41.8 Å². The molecular weight excluding hydrogens is 278 g/mol. The van der Waals surface area contributed by atoms with E-state index in [2.05, 4.69) is 22.8 Å². The van der Waals surface area contributed by atoms with Gasteiger partial charge in [-0.25, -0.2) is 0 Å². The summed E-state index contributed by atoms with van der Waals surface area (Å²) < 4.78 is 0. The Morgan fingerprint density at radius 2 is 1.95 bits per heavy atom.